The molecular formula is C24H40N6O2. The molecule has 1 aromatic heterocycles. The van der Waals surface area contributed by atoms with Gasteiger partial charge in [-0.1, -0.05) is 12.8 Å². The van der Waals surface area contributed by atoms with Crippen LogP contribution in [0, 0.1) is 5.92 Å². The molecule has 0 spiro atoms. The summed E-state index contributed by atoms with van der Waals surface area (Å²) in [5, 5.41) is 6.95. The summed E-state index contributed by atoms with van der Waals surface area (Å²) in [4.78, 5) is 24.0. The summed E-state index contributed by atoms with van der Waals surface area (Å²) in [5.41, 5.74) is 0. The molecule has 1 aromatic rings. The van der Waals surface area contributed by atoms with Crippen LogP contribution >= 0.6 is 0 Å². The van der Waals surface area contributed by atoms with Crippen LogP contribution in [0.4, 0.5) is 0 Å². The van der Waals surface area contributed by atoms with Gasteiger partial charge in [-0.15, -0.1) is 0 Å². The Balaban J connectivity index is 1.16. The number of hydrogen-bond acceptors (Lipinski definition) is 5. The summed E-state index contributed by atoms with van der Waals surface area (Å²) in [6.45, 7) is 8.46. The number of carbonyl (C=O) groups excluding carboxylic acids is 1. The Labute approximate surface area is 192 Å². The van der Waals surface area contributed by atoms with Gasteiger partial charge in [0.05, 0.1) is 12.3 Å². The number of piperazine rings is 1. The number of rotatable bonds is 8. The minimum Gasteiger partial charge on any atom is -0.468 e. The van der Waals surface area contributed by atoms with Crippen molar-refractivity contribution < 1.29 is 9.21 Å². The number of aliphatic imine (C=N–C) groups is 1. The standard InChI is InChI=1S/C24H40N6O2/c1-25-24(27-19-21(22-9-6-18-32-22)29-11-4-5-12-29)26-10-13-28-14-16-30(17-15-28)23(31)20-7-2-3-8-20/h6,9,18,20-21H,2-5,7-8,10-17,19H2,1H3,(H2,25,26,27). The molecule has 8 nitrogen and oxygen atoms in total. The van der Waals surface area contributed by atoms with Gasteiger partial charge in [-0.2, -0.15) is 0 Å². The Kier molecular flexibility index (Phi) is 8.45. The van der Waals surface area contributed by atoms with E-state index < -0.39 is 0 Å². The van der Waals surface area contributed by atoms with Crippen molar-refractivity contribution in [1.29, 1.82) is 0 Å². The van der Waals surface area contributed by atoms with Gasteiger partial charge in [0.25, 0.3) is 0 Å². The molecule has 3 fully saturated rings. The first-order chi connectivity index (χ1) is 15.7. The molecule has 3 heterocycles. The summed E-state index contributed by atoms with van der Waals surface area (Å²) in [7, 11) is 1.82. The number of furan rings is 1. The van der Waals surface area contributed by atoms with E-state index in [1.54, 1.807) is 6.26 Å². The van der Waals surface area contributed by atoms with E-state index in [1.165, 1.54) is 25.7 Å². The molecule has 2 saturated heterocycles. The van der Waals surface area contributed by atoms with Gasteiger partial charge in [-0.3, -0.25) is 19.6 Å². The first-order valence-electron chi connectivity index (χ1n) is 12.5. The van der Waals surface area contributed by atoms with Gasteiger partial charge in [-0.05, 0) is 50.9 Å². The van der Waals surface area contributed by atoms with E-state index in [0.29, 0.717) is 11.8 Å². The van der Waals surface area contributed by atoms with Gasteiger partial charge in [0, 0.05) is 58.8 Å². The second-order valence-corrected chi connectivity index (χ2v) is 9.30. The van der Waals surface area contributed by atoms with Crippen molar-refractivity contribution >= 4 is 11.9 Å². The van der Waals surface area contributed by atoms with Crippen LogP contribution in [-0.2, 0) is 4.79 Å². The maximum Gasteiger partial charge on any atom is 0.225 e. The zero-order valence-corrected chi connectivity index (χ0v) is 19.6. The second-order valence-electron chi connectivity index (χ2n) is 9.30. The van der Waals surface area contributed by atoms with Crippen molar-refractivity contribution in [2.75, 3.05) is 66.0 Å². The molecular weight excluding hydrogens is 404 g/mol. The predicted molar refractivity (Wildman–Crippen MR) is 127 cm³/mol. The van der Waals surface area contributed by atoms with E-state index in [0.717, 1.165) is 83.5 Å². The van der Waals surface area contributed by atoms with E-state index in [2.05, 4.69) is 36.4 Å². The number of guanidine groups is 1. The van der Waals surface area contributed by atoms with Gasteiger partial charge in [0.1, 0.15) is 5.76 Å². The van der Waals surface area contributed by atoms with Crippen LogP contribution in [0.2, 0.25) is 0 Å². The molecule has 1 unspecified atom stereocenters. The number of amides is 1. The second kappa shape index (κ2) is 11.7. The molecule has 2 N–H and O–H groups in total. The van der Waals surface area contributed by atoms with E-state index in [-0.39, 0.29) is 6.04 Å². The van der Waals surface area contributed by atoms with Crippen LogP contribution in [-0.4, -0.2) is 92.5 Å². The molecule has 1 aliphatic carbocycles. The molecule has 2 aliphatic heterocycles. The molecule has 0 radical (unpaired) electrons. The fourth-order valence-corrected chi connectivity index (χ4v) is 5.31. The Bertz CT molecular complexity index is 717. The van der Waals surface area contributed by atoms with Crippen LogP contribution in [0.3, 0.4) is 0 Å². The van der Waals surface area contributed by atoms with E-state index in [1.807, 2.05) is 13.1 Å². The molecule has 1 atom stereocenters. The van der Waals surface area contributed by atoms with Crippen LogP contribution in [0.25, 0.3) is 0 Å². The maximum atomic E-state index is 12.6. The molecule has 1 saturated carbocycles. The number of hydrogen-bond donors (Lipinski definition) is 2. The maximum absolute atomic E-state index is 12.6. The van der Waals surface area contributed by atoms with E-state index in [9.17, 15) is 4.79 Å². The number of nitrogens with one attached hydrogen (secondary N) is 2. The van der Waals surface area contributed by atoms with Crippen molar-refractivity contribution in [1.82, 2.24) is 25.3 Å². The predicted octanol–water partition coefficient (Wildman–Crippen LogP) is 1.92. The molecule has 8 heteroatoms. The fraction of sp³-hybridized carbons (Fsp3) is 0.750. The van der Waals surface area contributed by atoms with Crippen LogP contribution in [0.5, 0.6) is 0 Å². The highest BCUT2D eigenvalue weighted by Gasteiger charge is 2.29. The van der Waals surface area contributed by atoms with Crippen LogP contribution in [0.1, 0.15) is 50.3 Å². The topological polar surface area (TPSA) is 76.4 Å². The summed E-state index contributed by atoms with van der Waals surface area (Å²) < 4.78 is 5.72. The van der Waals surface area contributed by atoms with Gasteiger partial charge in [0.15, 0.2) is 5.96 Å². The monoisotopic (exact) mass is 444 g/mol. The lowest BCUT2D eigenvalue weighted by atomic mass is 10.1. The Morgan fingerprint density at radius 2 is 1.84 bits per heavy atom. The Morgan fingerprint density at radius 3 is 2.50 bits per heavy atom. The first kappa shape index (κ1) is 23.1. The average molecular weight is 445 g/mol. The average Bonchev–Trinajstić information content (AvgIpc) is 3.62. The minimum absolute atomic E-state index is 0.233. The van der Waals surface area contributed by atoms with Crippen LogP contribution < -0.4 is 10.6 Å². The lowest BCUT2D eigenvalue weighted by Gasteiger charge is -2.36. The normalized spacial score (nSPS) is 22.4. The fourth-order valence-electron chi connectivity index (χ4n) is 5.31. The Hall–Kier alpha value is -2.06. The van der Waals surface area contributed by atoms with E-state index in [4.69, 9.17) is 4.42 Å². The van der Waals surface area contributed by atoms with E-state index >= 15 is 0 Å². The van der Waals surface area contributed by atoms with Crippen molar-refractivity contribution in [2.45, 2.75) is 44.6 Å². The Morgan fingerprint density at radius 1 is 1.09 bits per heavy atom. The van der Waals surface area contributed by atoms with Gasteiger partial charge in [0.2, 0.25) is 5.91 Å². The van der Waals surface area contributed by atoms with Gasteiger partial charge in [-0.25, -0.2) is 0 Å². The highest BCUT2D eigenvalue weighted by molar-refractivity contribution is 5.80. The third-order valence-electron chi connectivity index (χ3n) is 7.25. The van der Waals surface area contributed by atoms with Crippen LogP contribution in [0.15, 0.2) is 27.8 Å². The summed E-state index contributed by atoms with van der Waals surface area (Å²) in [5.74, 6) is 2.54. The molecule has 0 bridgehead atoms. The quantitative estimate of drug-likeness (QED) is 0.471. The van der Waals surface area contributed by atoms with Gasteiger partial charge >= 0.3 is 0 Å². The molecule has 4 rings (SSSR count). The SMILES string of the molecule is CN=C(NCCN1CCN(C(=O)C2CCCC2)CC1)NCC(c1ccco1)N1CCCC1. The third kappa shape index (κ3) is 6.04. The molecule has 0 aromatic carbocycles. The lowest BCUT2D eigenvalue weighted by molar-refractivity contribution is -0.137. The van der Waals surface area contributed by atoms with Gasteiger partial charge < -0.3 is 20.0 Å². The zero-order chi connectivity index (χ0) is 22.2. The largest absolute Gasteiger partial charge is 0.468 e. The zero-order valence-electron chi connectivity index (χ0n) is 19.6. The van der Waals surface area contributed by atoms with Crippen molar-refractivity contribution in [3.63, 3.8) is 0 Å². The molecule has 1 amide bonds. The summed E-state index contributed by atoms with van der Waals surface area (Å²) >= 11 is 0. The molecule has 178 valence electrons. The highest BCUT2D eigenvalue weighted by atomic mass is 16.3. The highest BCUT2D eigenvalue weighted by Crippen LogP contribution is 2.27. The number of likely N-dealkylation sites (tertiary alicyclic amines) is 1. The first-order valence-corrected chi connectivity index (χ1v) is 12.5. The van der Waals surface area contributed by atoms with Crippen molar-refractivity contribution in [2.24, 2.45) is 10.9 Å². The molecule has 3 aliphatic rings. The summed E-state index contributed by atoms with van der Waals surface area (Å²) in [6.07, 6.45) is 8.89. The smallest absolute Gasteiger partial charge is 0.225 e. The molecule has 32 heavy (non-hydrogen) atoms. The minimum atomic E-state index is 0.233. The lowest BCUT2D eigenvalue weighted by Crippen LogP contribution is -2.52. The van der Waals surface area contributed by atoms with Crippen molar-refractivity contribution in [3.8, 4) is 0 Å². The summed E-state index contributed by atoms with van der Waals surface area (Å²) in [6, 6.07) is 4.27. The number of nitrogens with zero attached hydrogens (tertiary/aromatic N) is 4. The number of carbonyl (C=O) groups is 1. The third-order valence-corrected chi connectivity index (χ3v) is 7.25. The van der Waals surface area contributed by atoms with Crippen molar-refractivity contribution in [3.05, 3.63) is 24.2 Å².